The van der Waals surface area contributed by atoms with Crippen LogP contribution in [0.4, 0.5) is 5.69 Å². The summed E-state index contributed by atoms with van der Waals surface area (Å²) in [7, 11) is 1.54. The van der Waals surface area contributed by atoms with Crippen LogP contribution in [0.5, 0.6) is 0 Å². The minimum absolute atomic E-state index is 0.0895. The number of nitrogens with zero attached hydrogens (tertiary/aromatic N) is 1. The molecule has 0 unspecified atom stereocenters. The fraction of sp³-hybridized carbons (Fsp3) is 0.222. The first-order valence-electron chi connectivity index (χ1n) is 7.56. The van der Waals surface area contributed by atoms with Gasteiger partial charge >= 0.3 is 0 Å². The summed E-state index contributed by atoms with van der Waals surface area (Å²) >= 11 is 11.7. The van der Waals surface area contributed by atoms with Crippen LogP contribution in [0.2, 0.25) is 10.0 Å². The van der Waals surface area contributed by atoms with E-state index in [2.05, 4.69) is 5.32 Å². The molecule has 2 aromatic carbocycles. The van der Waals surface area contributed by atoms with Crippen molar-refractivity contribution in [3.63, 3.8) is 0 Å². The van der Waals surface area contributed by atoms with Crippen LogP contribution in [-0.2, 0) is 20.9 Å². The van der Waals surface area contributed by atoms with Crippen molar-refractivity contribution >= 4 is 40.7 Å². The maximum atomic E-state index is 12.0. The Morgan fingerprint density at radius 1 is 1.08 bits per heavy atom. The summed E-state index contributed by atoms with van der Waals surface area (Å²) in [5, 5.41) is 3.41. The minimum atomic E-state index is -0.336. The highest BCUT2D eigenvalue weighted by molar-refractivity contribution is 6.42. The zero-order valence-electron chi connectivity index (χ0n) is 13.7. The molecule has 2 amide bonds. The Morgan fingerprint density at radius 3 is 2.48 bits per heavy atom. The van der Waals surface area contributed by atoms with Gasteiger partial charge in [-0.25, -0.2) is 0 Å². The van der Waals surface area contributed by atoms with Gasteiger partial charge in [-0.15, -0.1) is 0 Å². The van der Waals surface area contributed by atoms with Gasteiger partial charge < -0.3 is 15.0 Å². The van der Waals surface area contributed by atoms with Crippen molar-refractivity contribution in [3.8, 4) is 0 Å². The predicted molar refractivity (Wildman–Crippen MR) is 98.8 cm³/mol. The first-order valence-corrected chi connectivity index (χ1v) is 8.32. The lowest BCUT2D eigenvalue weighted by molar-refractivity contribution is -0.137. The third kappa shape index (κ3) is 6.38. The standard InChI is InChI=1S/C18H18Cl2N2O3/c1-22(18(24)12-25-11-13-5-3-2-4-6-13)10-17(23)21-14-7-8-15(19)16(20)9-14/h2-9H,10-12H2,1H3,(H,21,23). The van der Waals surface area contributed by atoms with E-state index in [0.717, 1.165) is 5.56 Å². The normalized spacial score (nSPS) is 10.4. The van der Waals surface area contributed by atoms with Crippen molar-refractivity contribution in [2.24, 2.45) is 0 Å². The third-order valence-corrected chi connectivity index (χ3v) is 4.09. The maximum absolute atomic E-state index is 12.0. The summed E-state index contributed by atoms with van der Waals surface area (Å²) in [6, 6.07) is 14.3. The smallest absolute Gasteiger partial charge is 0.248 e. The van der Waals surface area contributed by atoms with Gasteiger partial charge in [0.15, 0.2) is 0 Å². The maximum Gasteiger partial charge on any atom is 0.248 e. The first kappa shape index (κ1) is 19.2. The Balaban J connectivity index is 1.75. The van der Waals surface area contributed by atoms with Gasteiger partial charge in [-0.3, -0.25) is 9.59 Å². The quantitative estimate of drug-likeness (QED) is 0.797. The van der Waals surface area contributed by atoms with E-state index in [-0.39, 0.29) is 25.0 Å². The largest absolute Gasteiger partial charge is 0.367 e. The summed E-state index contributed by atoms with van der Waals surface area (Å²) in [5.74, 6) is -0.613. The molecule has 0 saturated heterocycles. The van der Waals surface area contributed by atoms with E-state index < -0.39 is 0 Å². The van der Waals surface area contributed by atoms with Gasteiger partial charge in [0.2, 0.25) is 11.8 Å². The molecule has 25 heavy (non-hydrogen) atoms. The van der Waals surface area contributed by atoms with Crippen molar-refractivity contribution < 1.29 is 14.3 Å². The number of hydrogen-bond acceptors (Lipinski definition) is 3. The number of carbonyl (C=O) groups is 2. The first-order chi connectivity index (χ1) is 12.0. The molecule has 0 heterocycles. The summed E-state index contributed by atoms with van der Waals surface area (Å²) in [6.07, 6.45) is 0. The summed E-state index contributed by atoms with van der Waals surface area (Å²) in [6.45, 7) is 0.162. The monoisotopic (exact) mass is 380 g/mol. The van der Waals surface area contributed by atoms with E-state index in [9.17, 15) is 9.59 Å². The number of halogens is 2. The van der Waals surface area contributed by atoms with E-state index in [4.69, 9.17) is 27.9 Å². The van der Waals surface area contributed by atoms with Crippen molar-refractivity contribution in [2.75, 3.05) is 25.5 Å². The second kappa shape index (κ2) is 9.42. The number of hydrogen-bond donors (Lipinski definition) is 1. The van der Waals surface area contributed by atoms with Crippen molar-refractivity contribution in [3.05, 3.63) is 64.1 Å². The van der Waals surface area contributed by atoms with Gasteiger partial charge in [0.1, 0.15) is 6.61 Å². The highest BCUT2D eigenvalue weighted by Gasteiger charge is 2.13. The van der Waals surface area contributed by atoms with Crippen LogP contribution in [0.25, 0.3) is 0 Å². The number of anilines is 1. The van der Waals surface area contributed by atoms with Gasteiger partial charge in [-0.2, -0.15) is 0 Å². The number of benzene rings is 2. The highest BCUT2D eigenvalue weighted by atomic mass is 35.5. The van der Waals surface area contributed by atoms with Crippen molar-refractivity contribution in [1.82, 2.24) is 4.90 Å². The van der Waals surface area contributed by atoms with Gasteiger partial charge in [0.25, 0.3) is 0 Å². The fourth-order valence-corrected chi connectivity index (χ4v) is 2.32. The van der Waals surface area contributed by atoms with E-state index in [0.29, 0.717) is 22.3 Å². The lowest BCUT2D eigenvalue weighted by Gasteiger charge is -2.17. The van der Waals surface area contributed by atoms with Crippen LogP contribution in [0.3, 0.4) is 0 Å². The number of amides is 2. The lowest BCUT2D eigenvalue weighted by atomic mass is 10.2. The molecule has 2 aromatic rings. The number of ether oxygens (including phenoxy) is 1. The van der Waals surface area contributed by atoms with E-state index >= 15 is 0 Å². The minimum Gasteiger partial charge on any atom is -0.367 e. The van der Waals surface area contributed by atoms with Crippen LogP contribution in [-0.4, -0.2) is 36.9 Å². The fourth-order valence-electron chi connectivity index (χ4n) is 2.02. The Labute approximate surface area is 156 Å². The van der Waals surface area contributed by atoms with Crippen LogP contribution < -0.4 is 5.32 Å². The van der Waals surface area contributed by atoms with Gasteiger partial charge in [0, 0.05) is 12.7 Å². The summed E-state index contributed by atoms with van der Waals surface area (Å²) in [4.78, 5) is 25.3. The molecule has 0 bridgehead atoms. The highest BCUT2D eigenvalue weighted by Crippen LogP contribution is 2.24. The molecular formula is C18H18Cl2N2O3. The number of carbonyl (C=O) groups excluding carboxylic acids is 2. The molecule has 0 aliphatic rings. The molecule has 0 aromatic heterocycles. The Kier molecular flexibility index (Phi) is 7.25. The zero-order chi connectivity index (χ0) is 18.2. The number of nitrogens with one attached hydrogen (secondary N) is 1. The molecule has 0 spiro atoms. The van der Waals surface area contributed by atoms with Gasteiger partial charge in [-0.05, 0) is 23.8 Å². The van der Waals surface area contributed by atoms with Crippen LogP contribution in [0, 0.1) is 0 Å². The Hall–Kier alpha value is -2.08. The predicted octanol–water partition coefficient (Wildman–Crippen LogP) is 3.61. The van der Waals surface area contributed by atoms with Gasteiger partial charge in [-0.1, -0.05) is 53.5 Å². The van der Waals surface area contributed by atoms with Crippen LogP contribution in [0.1, 0.15) is 5.56 Å². The van der Waals surface area contributed by atoms with E-state index in [1.165, 1.54) is 4.90 Å². The molecule has 0 saturated carbocycles. The third-order valence-electron chi connectivity index (χ3n) is 3.35. The number of rotatable bonds is 7. The van der Waals surface area contributed by atoms with Gasteiger partial charge in [0.05, 0.1) is 23.2 Å². The molecule has 0 aliphatic carbocycles. The zero-order valence-corrected chi connectivity index (χ0v) is 15.2. The Morgan fingerprint density at radius 2 is 1.80 bits per heavy atom. The SMILES string of the molecule is CN(CC(=O)Nc1ccc(Cl)c(Cl)c1)C(=O)COCc1ccccc1. The molecular weight excluding hydrogens is 363 g/mol. The van der Waals surface area contributed by atoms with Crippen LogP contribution >= 0.6 is 23.2 Å². The molecule has 0 fully saturated rings. The van der Waals surface area contributed by atoms with Crippen molar-refractivity contribution in [2.45, 2.75) is 6.61 Å². The van der Waals surface area contributed by atoms with E-state index in [1.54, 1.807) is 25.2 Å². The molecule has 0 atom stereocenters. The second-order valence-corrected chi connectivity index (χ2v) is 6.22. The molecule has 5 nitrogen and oxygen atoms in total. The molecule has 132 valence electrons. The number of likely N-dealkylation sites (N-methyl/N-ethyl adjacent to an activating group) is 1. The molecule has 1 N–H and O–H groups in total. The Bertz CT molecular complexity index is 738. The second-order valence-electron chi connectivity index (χ2n) is 5.41. The summed E-state index contributed by atoms with van der Waals surface area (Å²) < 4.78 is 5.38. The van der Waals surface area contributed by atoms with Crippen LogP contribution in [0.15, 0.2) is 48.5 Å². The molecule has 0 aliphatic heterocycles. The molecule has 7 heteroatoms. The molecule has 0 radical (unpaired) electrons. The average molecular weight is 381 g/mol. The van der Waals surface area contributed by atoms with Crippen molar-refractivity contribution in [1.29, 1.82) is 0 Å². The molecule has 2 rings (SSSR count). The summed E-state index contributed by atoms with van der Waals surface area (Å²) in [5.41, 5.74) is 1.50. The topological polar surface area (TPSA) is 58.6 Å². The van der Waals surface area contributed by atoms with E-state index in [1.807, 2.05) is 30.3 Å². The average Bonchev–Trinajstić information content (AvgIpc) is 2.59. The lowest BCUT2D eigenvalue weighted by Crippen LogP contribution is -2.37.